The maximum atomic E-state index is 12.0. The van der Waals surface area contributed by atoms with Crippen molar-refractivity contribution in [2.75, 3.05) is 11.9 Å². The average Bonchev–Trinajstić information content (AvgIpc) is 2.30. The number of nitrogens with two attached hydrogens (primary N) is 1. The molecule has 1 aliphatic carbocycles. The molecular weight excluding hydrogens is 228 g/mol. The quantitative estimate of drug-likeness (QED) is 0.858. The molecule has 0 aliphatic heterocycles. The van der Waals surface area contributed by atoms with Crippen molar-refractivity contribution in [1.82, 2.24) is 0 Å². The van der Waals surface area contributed by atoms with Crippen molar-refractivity contribution in [2.24, 2.45) is 5.73 Å². The van der Waals surface area contributed by atoms with Crippen LogP contribution in [0.15, 0.2) is 18.2 Å². The highest BCUT2D eigenvalue weighted by Gasteiger charge is 2.40. The summed E-state index contributed by atoms with van der Waals surface area (Å²) in [6, 6.07) is 5.64. The van der Waals surface area contributed by atoms with E-state index in [0.717, 1.165) is 36.3 Å². The van der Waals surface area contributed by atoms with Crippen LogP contribution in [0.2, 0.25) is 0 Å². The van der Waals surface area contributed by atoms with Crippen LogP contribution in [0.25, 0.3) is 0 Å². The van der Waals surface area contributed by atoms with Crippen LogP contribution >= 0.6 is 0 Å². The summed E-state index contributed by atoms with van der Waals surface area (Å²) in [6.45, 7) is 4.53. The molecule has 0 heterocycles. The van der Waals surface area contributed by atoms with Crippen LogP contribution in [0.4, 0.5) is 5.69 Å². The number of hydrogen-bond donors (Lipinski definition) is 2. The van der Waals surface area contributed by atoms with Gasteiger partial charge >= 0.3 is 0 Å². The van der Waals surface area contributed by atoms with E-state index < -0.39 is 5.54 Å². The molecule has 0 unspecified atom stereocenters. The van der Waals surface area contributed by atoms with Gasteiger partial charge in [0.05, 0.1) is 12.1 Å². The monoisotopic (exact) mass is 248 g/mol. The number of carbonyl (C=O) groups is 1. The van der Waals surface area contributed by atoms with E-state index in [-0.39, 0.29) is 5.91 Å². The van der Waals surface area contributed by atoms with Crippen LogP contribution in [-0.4, -0.2) is 18.1 Å². The molecule has 1 aliphatic rings. The number of amides is 1. The predicted molar refractivity (Wildman–Crippen MR) is 71.7 cm³/mol. The summed E-state index contributed by atoms with van der Waals surface area (Å²) < 4.78 is 5.41. The Kier molecular flexibility index (Phi) is 3.57. The highest BCUT2D eigenvalue weighted by molar-refractivity contribution is 5.99. The fourth-order valence-corrected chi connectivity index (χ4v) is 2.06. The standard InChI is InChI=1S/C14H20N2O2/c1-3-18-11-5-6-12(10(2)9-11)16-13(17)14(15)7-4-8-14/h5-6,9H,3-4,7-8,15H2,1-2H3,(H,16,17). The number of aryl methyl sites for hydroxylation is 1. The molecule has 3 N–H and O–H groups in total. The first-order valence-corrected chi connectivity index (χ1v) is 6.39. The Morgan fingerprint density at radius 1 is 1.50 bits per heavy atom. The van der Waals surface area contributed by atoms with E-state index in [4.69, 9.17) is 10.5 Å². The fraction of sp³-hybridized carbons (Fsp3) is 0.500. The minimum absolute atomic E-state index is 0.0824. The van der Waals surface area contributed by atoms with Crippen LogP contribution in [0.1, 0.15) is 31.7 Å². The number of ether oxygens (including phenoxy) is 1. The molecule has 0 saturated heterocycles. The summed E-state index contributed by atoms with van der Waals surface area (Å²) in [5.74, 6) is 0.736. The molecule has 0 aromatic heterocycles. The first kappa shape index (κ1) is 12.9. The second-order valence-electron chi connectivity index (χ2n) is 4.87. The molecule has 1 aromatic rings. The summed E-state index contributed by atoms with van der Waals surface area (Å²) in [4.78, 5) is 12.0. The first-order chi connectivity index (χ1) is 8.55. The molecule has 4 heteroatoms. The summed E-state index contributed by atoms with van der Waals surface area (Å²) in [5.41, 5.74) is 7.11. The lowest BCUT2D eigenvalue weighted by molar-refractivity contribution is -0.123. The maximum Gasteiger partial charge on any atom is 0.244 e. The molecule has 1 fully saturated rings. The largest absolute Gasteiger partial charge is 0.494 e. The molecule has 0 radical (unpaired) electrons. The van der Waals surface area contributed by atoms with E-state index in [1.807, 2.05) is 32.0 Å². The lowest BCUT2D eigenvalue weighted by atomic mass is 9.77. The van der Waals surface area contributed by atoms with Crippen molar-refractivity contribution >= 4 is 11.6 Å². The van der Waals surface area contributed by atoms with Gasteiger partial charge in [-0.15, -0.1) is 0 Å². The Balaban J connectivity index is 2.07. The molecule has 18 heavy (non-hydrogen) atoms. The molecule has 1 saturated carbocycles. The molecule has 0 spiro atoms. The minimum atomic E-state index is -0.662. The highest BCUT2D eigenvalue weighted by atomic mass is 16.5. The van der Waals surface area contributed by atoms with Crippen LogP contribution < -0.4 is 15.8 Å². The van der Waals surface area contributed by atoms with Gasteiger partial charge in [-0.05, 0) is 56.9 Å². The van der Waals surface area contributed by atoms with Crippen LogP contribution in [0.3, 0.4) is 0 Å². The van der Waals surface area contributed by atoms with Crippen molar-refractivity contribution < 1.29 is 9.53 Å². The van der Waals surface area contributed by atoms with Crippen LogP contribution in [0, 0.1) is 6.92 Å². The Morgan fingerprint density at radius 2 is 2.22 bits per heavy atom. The summed E-state index contributed by atoms with van der Waals surface area (Å²) >= 11 is 0. The van der Waals surface area contributed by atoms with Gasteiger partial charge in [0.25, 0.3) is 0 Å². The predicted octanol–water partition coefficient (Wildman–Crippen LogP) is 2.21. The number of anilines is 1. The Bertz CT molecular complexity index is 453. The molecule has 4 nitrogen and oxygen atoms in total. The first-order valence-electron chi connectivity index (χ1n) is 6.39. The van der Waals surface area contributed by atoms with E-state index in [9.17, 15) is 4.79 Å². The third kappa shape index (κ3) is 2.48. The third-order valence-corrected chi connectivity index (χ3v) is 3.46. The van der Waals surface area contributed by atoms with Gasteiger partial charge < -0.3 is 15.8 Å². The SMILES string of the molecule is CCOc1ccc(NC(=O)C2(N)CCC2)c(C)c1. The Labute approximate surface area is 108 Å². The van der Waals surface area contributed by atoms with E-state index in [1.165, 1.54) is 0 Å². The van der Waals surface area contributed by atoms with E-state index in [1.54, 1.807) is 0 Å². The summed E-state index contributed by atoms with van der Waals surface area (Å²) in [7, 11) is 0. The number of carbonyl (C=O) groups excluding carboxylic acids is 1. The average molecular weight is 248 g/mol. The Morgan fingerprint density at radius 3 is 2.72 bits per heavy atom. The van der Waals surface area contributed by atoms with E-state index in [2.05, 4.69) is 5.32 Å². The summed E-state index contributed by atoms with van der Waals surface area (Å²) in [5, 5.41) is 2.90. The zero-order valence-electron chi connectivity index (χ0n) is 11.0. The zero-order chi connectivity index (χ0) is 13.2. The number of benzene rings is 1. The van der Waals surface area contributed by atoms with Gasteiger partial charge in [-0.25, -0.2) is 0 Å². The molecule has 0 atom stereocenters. The second-order valence-corrected chi connectivity index (χ2v) is 4.87. The molecule has 2 rings (SSSR count). The van der Waals surface area contributed by atoms with Gasteiger partial charge in [0.1, 0.15) is 5.75 Å². The van der Waals surface area contributed by atoms with E-state index >= 15 is 0 Å². The molecular formula is C14H20N2O2. The smallest absolute Gasteiger partial charge is 0.244 e. The van der Waals surface area contributed by atoms with Gasteiger partial charge in [-0.3, -0.25) is 4.79 Å². The van der Waals surface area contributed by atoms with Crippen molar-refractivity contribution in [3.05, 3.63) is 23.8 Å². The van der Waals surface area contributed by atoms with Crippen molar-refractivity contribution in [3.8, 4) is 5.75 Å². The van der Waals surface area contributed by atoms with Crippen molar-refractivity contribution in [2.45, 2.75) is 38.6 Å². The number of nitrogens with one attached hydrogen (secondary N) is 1. The second kappa shape index (κ2) is 4.98. The Hall–Kier alpha value is -1.55. The summed E-state index contributed by atoms with van der Waals surface area (Å²) in [6.07, 6.45) is 2.58. The van der Waals surface area contributed by atoms with Crippen LogP contribution in [0.5, 0.6) is 5.75 Å². The number of hydrogen-bond acceptors (Lipinski definition) is 3. The topological polar surface area (TPSA) is 64.3 Å². The number of rotatable bonds is 4. The maximum absolute atomic E-state index is 12.0. The molecule has 98 valence electrons. The lowest BCUT2D eigenvalue weighted by Gasteiger charge is -2.36. The molecule has 1 amide bonds. The lowest BCUT2D eigenvalue weighted by Crippen LogP contribution is -2.56. The zero-order valence-corrected chi connectivity index (χ0v) is 11.0. The van der Waals surface area contributed by atoms with Gasteiger partial charge in [0.2, 0.25) is 5.91 Å². The fourth-order valence-electron chi connectivity index (χ4n) is 2.06. The molecule has 0 bridgehead atoms. The van der Waals surface area contributed by atoms with Gasteiger partial charge in [0, 0.05) is 5.69 Å². The van der Waals surface area contributed by atoms with E-state index in [0.29, 0.717) is 6.61 Å². The van der Waals surface area contributed by atoms with Gasteiger partial charge in [-0.2, -0.15) is 0 Å². The minimum Gasteiger partial charge on any atom is -0.494 e. The molecule has 1 aromatic carbocycles. The van der Waals surface area contributed by atoms with Crippen molar-refractivity contribution in [3.63, 3.8) is 0 Å². The highest BCUT2D eigenvalue weighted by Crippen LogP contribution is 2.31. The van der Waals surface area contributed by atoms with Gasteiger partial charge in [-0.1, -0.05) is 0 Å². The normalized spacial score (nSPS) is 16.8. The van der Waals surface area contributed by atoms with Crippen molar-refractivity contribution in [1.29, 1.82) is 0 Å². The van der Waals surface area contributed by atoms with Crippen LogP contribution in [-0.2, 0) is 4.79 Å². The third-order valence-electron chi connectivity index (χ3n) is 3.46. The van der Waals surface area contributed by atoms with Gasteiger partial charge in [0.15, 0.2) is 0 Å².